The predicted molar refractivity (Wildman–Crippen MR) is 53.3 cm³/mol. The second-order valence-corrected chi connectivity index (χ2v) is 6.63. The summed E-state index contributed by atoms with van der Waals surface area (Å²) in [5.41, 5.74) is 0. The number of hydrogen-bond acceptors (Lipinski definition) is 4. The molecule has 76 valence electrons. The van der Waals surface area contributed by atoms with Crippen LogP contribution in [0.4, 0.5) is 0 Å². The fraction of sp³-hybridized carbons (Fsp3) is 1.00. The lowest BCUT2D eigenvalue weighted by atomic mass is 10.0. The Morgan fingerprint density at radius 2 is 1.77 bits per heavy atom. The van der Waals surface area contributed by atoms with Crippen LogP contribution in [-0.2, 0) is 14.3 Å². The summed E-state index contributed by atoms with van der Waals surface area (Å²) in [4.78, 5) is 0. The first kappa shape index (κ1) is 9.80. The molecular formula is C8H14O3S2. The van der Waals surface area contributed by atoms with Crippen molar-refractivity contribution in [2.75, 3.05) is 17.8 Å². The molecular weight excluding hydrogens is 208 g/mol. The quantitative estimate of drug-likeness (QED) is 0.656. The third-order valence-electron chi connectivity index (χ3n) is 2.77. The second-order valence-electron chi connectivity index (χ2n) is 3.95. The zero-order valence-corrected chi connectivity index (χ0v) is 9.23. The number of fused-ring (bicyclic) bond motifs is 1. The minimum atomic E-state index is -3.25. The smallest absolute Gasteiger partial charge is 0.264 e. The molecule has 0 amide bonds. The van der Waals surface area contributed by atoms with Gasteiger partial charge in [-0.2, -0.15) is 20.2 Å². The molecule has 0 spiro atoms. The van der Waals surface area contributed by atoms with Crippen molar-refractivity contribution in [2.24, 2.45) is 11.8 Å². The van der Waals surface area contributed by atoms with Gasteiger partial charge in [-0.05, 0) is 36.2 Å². The molecule has 3 atom stereocenters. The molecule has 0 radical (unpaired) electrons. The van der Waals surface area contributed by atoms with Crippen molar-refractivity contribution in [3.8, 4) is 0 Å². The highest BCUT2D eigenvalue weighted by Gasteiger charge is 2.39. The van der Waals surface area contributed by atoms with Crippen molar-refractivity contribution >= 4 is 21.9 Å². The summed E-state index contributed by atoms with van der Waals surface area (Å²) in [7, 11) is -3.25. The fourth-order valence-electron chi connectivity index (χ4n) is 2.26. The van der Waals surface area contributed by atoms with Crippen molar-refractivity contribution in [1.82, 2.24) is 0 Å². The lowest BCUT2D eigenvalue weighted by Gasteiger charge is -2.09. The average Bonchev–Trinajstić information content (AvgIpc) is 2.40. The molecule has 1 saturated carbocycles. The molecule has 1 heterocycles. The average molecular weight is 222 g/mol. The fourth-order valence-corrected chi connectivity index (χ4v) is 4.47. The summed E-state index contributed by atoms with van der Waals surface area (Å²) in [6, 6.07) is 0. The van der Waals surface area contributed by atoms with E-state index in [-0.39, 0.29) is 6.10 Å². The van der Waals surface area contributed by atoms with E-state index in [1.807, 2.05) is 11.8 Å². The minimum absolute atomic E-state index is 0.0362. The second kappa shape index (κ2) is 3.44. The summed E-state index contributed by atoms with van der Waals surface area (Å²) in [6.07, 6.45) is 2.97. The summed E-state index contributed by atoms with van der Waals surface area (Å²) >= 11 is 1.98. The first-order valence-corrected chi connectivity index (χ1v) is 7.48. The highest BCUT2D eigenvalue weighted by molar-refractivity contribution is 7.99. The largest absolute Gasteiger partial charge is 0.267 e. The van der Waals surface area contributed by atoms with Gasteiger partial charge in [0.2, 0.25) is 0 Å². The van der Waals surface area contributed by atoms with E-state index in [1.165, 1.54) is 11.5 Å². The van der Waals surface area contributed by atoms with Gasteiger partial charge >= 0.3 is 0 Å². The Hall–Kier alpha value is 0.260. The monoisotopic (exact) mass is 222 g/mol. The molecule has 0 unspecified atom stereocenters. The van der Waals surface area contributed by atoms with Crippen molar-refractivity contribution < 1.29 is 12.6 Å². The maximum atomic E-state index is 10.9. The zero-order chi connectivity index (χ0) is 9.47. The zero-order valence-electron chi connectivity index (χ0n) is 7.60. The van der Waals surface area contributed by atoms with Crippen LogP contribution in [-0.4, -0.2) is 32.3 Å². The van der Waals surface area contributed by atoms with E-state index < -0.39 is 10.1 Å². The van der Waals surface area contributed by atoms with Crippen LogP contribution in [0.3, 0.4) is 0 Å². The molecule has 0 aromatic heterocycles. The maximum Gasteiger partial charge on any atom is 0.264 e. The highest BCUT2D eigenvalue weighted by atomic mass is 32.2. The third-order valence-corrected chi connectivity index (χ3v) is 4.72. The first-order valence-electron chi connectivity index (χ1n) is 4.50. The van der Waals surface area contributed by atoms with Gasteiger partial charge in [-0.25, -0.2) is 0 Å². The van der Waals surface area contributed by atoms with Crippen LogP contribution in [0, 0.1) is 11.8 Å². The molecule has 1 aliphatic carbocycles. The van der Waals surface area contributed by atoms with Crippen molar-refractivity contribution in [3.63, 3.8) is 0 Å². The van der Waals surface area contributed by atoms with Crippen LogP contribution >= 0.6 is 11.8 Å². The Bertz CT molecular complexity index is 274. The Morgan fingerprint density at radius 3 is 2.23 bits per heavy atom. The number of rotatable bonds is 2. The van der Waals surface area contributed by atoms with Gasteiger partial charge in [0.05, 0.1) is 12.4 Å². The Labute approximate surface area is 83.4 Å². The summed E-state index contributed by atoms with van der Waals surface area (Å²) < 4.78 is 26.8. The normalized spacial score (nSPS) is 39.3. The molecule has 1 aliphatic heterocycles. The van der Waals surface area contributed by atoms with E-state index >= 15 is 0 Å². The summed E-state index contributed by atoms with van der Waals surface area (Å²) in [5, 5.41) is 0. The van der Waals surface area contributed by atoms with E-state index in [4.69, 9.17) is 4.18 Å². The van der Waals surface area contributed by atoms with Crippen LogP contribution < -0.4 is 0 Å². The topological polar surface area (TPSA) is 43.4 Å². The van der Waals surface area contributed by atoms with Gasteiger partial charge in [-0.3, -0.25) is 4.18 Å². The molecule has 2 aliphatic rings. The lowest BCUT2D eigenvalue weighted by Crippen LogP contribution is -2.15. The van der Waals surface area contributed by atoms with Crippen LogP contribution in [0.1, 0.15) is 12.8 Å². The van der Waals surface area contributed by atoms with E-state index in [0.717, 1.165) is 19.1 Å². The van der Waals surface area contributed by atoms with Crippen LogP contribution in [0.5, 0.6) is 0 Å². The Kier molecular flexibility index (Phi) is 2.59. The van der Waals surface area contributed by atoms with E-state index in [9.17, 15) is 8.42 Å². The van der Waals surface area contributed by atoms with E-state index in [2.05, 4.69) is 0 Å². The number of thioether (sulfide) groups is 1. The van der Waals surface area contributed by atoms with Gasteiger partial charge in [0.1, 0.15) is 0 Å². The van der Waals surface area contributed by atoms with E-state index in [1.54, 1.807) is 0 Å². The van der Waals surface area contributed by atoms with Gasteiger partial charge in [0.15, 0.2) is 0 Å². The molecule has 0 N–H and O–H groups in total. The standard InChI is InChI=1S/C8H14O3S2/c1-13(9,10)11-8-2-6-4-12-5-7(6)3-8/h6-8H,2-5H2,1H3/t6-,7+,8-. The molecule has 1 saturated heterocycles. The molecule has 0 aromatic rings. The third kappa shape index (κ3) is 2.39. The van der Waals surface area contributed by atoms with Crippen molar-refractivity contribution in [3.05, 3.63) is 0 Å². The summed E-state index contributed by atoms with van der Waals surface area (Å²) in [5.74, 6) is 3.79. The lowest BCUT2D eigenvalue weighted by molar-refractivity contribution is 0.213. The van der Waals surface area contributed by atoms with Gasteiger partial charge in [-0.15, -0.1) is 0 Å². The molecule has 2 fully saturated rings. The molecule has 13 heavy (non-hydrogen) atoms. The van der Waals surface area contributed by atoms with Gasteiger partial charge in [-0.1, -0.05) is 0 Å². The van der Waals surface area contributed by atoms with Gasteiger partial charge in [0.25, 0.3) is 10.1 Å². The SMILES string of the molecule is CS(=O)(=O)O[C@H]1C[C@H]2CSC[C@H]2C1. The molecule has 0 aromatic carbocycles. The summed E-state index contributed by atoms with van der Waals surface area (Å²) in [6.45, 7) is 0. The van der Waals surface area contributed by atoms with Gasteiger partial charge < -0.3 is 0 Å². The molecule has 3 nitrogen and oxygen atoms in total. The first-order chi connectivity index (χ1) is 6.04. The van der Waals surface area contributed by atoms with Crippen LogP contribution in [0.25, 0.3) is 0 Å². The maximum absolute atomic E-state index is 10.9. The van der Waals surface area contributed by atoms with Crippen LogP contribution in [0.15, 0.2) is 0 Å². The molecule has 2 rings (SSSR count). The van der Waals surface area contributed by atoms with E-state index in [0.29, 0.717) is 11.8 Å². The van der Waals surface area contributed by atoms with Crippen molar-refractivity contribution in [1.29, 1.82) is 0 Å². The predicted octanol–water partition coefficient (Wildman–Crippen LogP) is 1.10. The molecule has 5 heteroatoms. The van der Waals surface area contributed by atoms with Crippen LogP contribution in [0.2, 0.25) is 0 Å². The molecule has 0 bridgehead atoms. The van der Waals surface area contributed by atoms with Crippen molar-refractivity contribution in [2.45, 2.75) is 18.9 Å². The Morgan fingerprint density at radius 1 is 1.23 bits per heavy atom. The van der Waals surface area contributed by atoms with Gasteiger partial charge in [0, 0.05) is 0 Å². The highest BCUT2D eigenvalue weighted by Crippen LogP contribution is 2.43. The number of hydrogen-bond donors (Lipinski definition) is 0. The Balaban J connectivity index is 1.92. The minimum Gasteiger partial charge on any atom is -0.267 e.